The first-order valence-corrected chi connectivity index (χ1v) is 6.21. The molecule has 1 N–H and O–H groups in total. The molecular weight excluding hydrogens is 242 g/mol. The van der Waals surface area contributed by atoms with Gasteiger partial charge < -0.3 is 19.9 Å². The lowest BCUT2D eigenvalue weighted by Gasteiger charge is -2.26. The molecule has 1 rings (SSSR count). The van der Waals surface area contributed by atoms with E-state index in [-0.39, 0.29) is 12.1 Å². The molecule has 0 saturated carbocycles. The van der Waals surface area contributed by atoms with Crippen molar-refractivity contribution in [2.75, 3.05) is 41.8 Å². The first-order chi connectivity index (χ1) is 8.95. The molecule has 1 unspecified atom stereocenters. The van der Waals surface area contributed by atoms with Crippen LogP contribution in [0.2, 0.25) is 0 Å². The molecule has 0 spiro atoms. The minimum Gasteiger partial charge on any atom is -0.497 e. The Morgan fingerprint density at radius 2 is 2.00 bits per heavy atom. The first kappa shape index (κ1) is 15.3. The zero-order valence-corrected chi connectivity index (χ0v) is 12.3. The van der Waals surface area contributed by atoms with Gasteiger partial charge in [-0.1, -0.05) is 12.1 Å². The van der Waals surface area contributed by atoms with Crippen LogP contribution < -0.4 is 10.1 Å². The normalized spacial score (nSPS) is 12.1. The summed E-state index contributed by atoms with van der Waals surface area (Å²) in [5.74, 6) is 0.822. The molecule has 2 amide bonds. The van der Waals surface area contributed by atoms with Crippen LogP contribution in [0.4, 0.5) is 4.79 Å². The molecule has 0 fully saturated rings. The van der Waals surface area contributed by atoms with E-state index in [0.29, 0.717) is 6.54 Å². The van der Waals surface area contributed by atoms with E-state index in [4.69, 9.17) is 4.74 Å². The van der Waals surface area contributed by atoms with Gasteiger partial charge in [-0.15, -0.1) is 0 Å². The smallest absolute Gasteiger partial charge is 0.316 e. The molecule has 0 radical (unpaired) electrons. The molecule has 0 heterocycles. The van der Waals surface area contributed by atoms with Gasteiger partial charge in [-0.2, -0.15) is 0 Å². The number of carbonyl (C=O) groups excluding carboxylic acids is 1. The van der Waals surface area contributed by atoms with Crippen LogP contribution in [0.3, 0.4) is 0 Å². The number of nitrogens with zero attached hydrogens (tertiary/aromatic N) is 2. The van der Waals surface area contributed by atoms with Crippen LogP contribution in [0.25, 0.3) is 0 Å². The molecule has 1 atom stereocenters. The Balaban J connectivity index is 2.79. The first-order valence-electron chi connectivity index (χ1n) is 6.21. The lowest BCUT2D eigenvalue weighted by Crippen LogP contribution is -2.39. The van der Waals surface area contributed by atoms with Crippen molar-refractivity contribution in [3.8, 4) is 5.75 Å². The molecule has 0 bridgehead atoms. The summed E-state index contributed by atoms with van der Waals surface area (Å²) in [5.41, 5.74) is 1.11. The lowest BCUT2D eigenvalue weighted by atomic mass is 10.1. The summed E-state index contributed by atoms with van der Waals surface area (Å²) in [7, 11) is 9.09. The maximum absolute atomic E-state index is 11.6. The third kappa shape index (κ3) is 4.44. The summed E-state index contributed by atoms with van der Waals surface area (Å²) in [6.45, 7) is 0.553. The van der Waals surface area contributed by atoms with E-state index in [2.05, 4.69) is 10.2 Å². The highest BCUT2D eigenvalue weighted by Gasteiger charge is 2.16. The number of amides is 2. The molecule has 106 valence electrons. The molecule has 0 aliphatic rings. The Morgan fingerprint density at radius 3 is 2.53 bits per heavy atom. The van der Waals surface area contributed by atoms with Crippen LogP contribution in [0.15, 0.2) is 24.3 Å². The molecule has 0 aliphatic heterocycles. The summed E-state index contributed by atoms with van der Waals surface area (Å²) in [5, 5.41) is 2.90. The van der Waals surface area contributed by atoms with E-state index in [9.17, 15) is 4.79 Å². The molecule has 5 nitrogen and oxygen atoms in total. The van der Waals surface area contributed by atoms with Gasteiger partial charge in [0.2, 0.25) is 0 Å². The fourth-order valence-corrected chi connectivity index (χ4v) is 1.79. The van der Waals surface area contributed by atoms with Gasteiger partial charge in [-0.25, -0.2) is 4.79 Å². The van der Waals surface area contributed by atoms with Crippen molar-refractivity contribution in [3.63, 3.8) is 0 Å². The Labute approximate surface area is 115 Å². The summed E-state index contributed by atoms with van der Waals surface area (Å²) in [6.07, 6.45) is 0. The Kier molecular flexibility index (Phi) is 5.63. The van der Waals surface area contributed by atoms with Crippen LogP contribution in [0.5, 0.6) is 5.75 Å². The molecule has 0 aromatic heterocycles. The van der Waals surface area contributed by atoms with E-state index in [1.807, 2.05) is 38.4 Å². The van der Waals surface area contributed by atoms with Gasteiger partial charge in [0.1, 0.15) is 5.75 Å². The maximum Gasteiger partial charge on any atom is 0.316 e. The van der Waals surface area contributed by atoms with Crippen LogP contribution in [-0.4, -0.2) is 57.7 Å². The molecule has 1 aromatic rings. The highest BCUT2D eigenvalue weighted by Crippen LogP contribution is 2.22. The summed E-state index contributed by atoms with van der Waals surface area (Å²) in [4.78, 5) is 15.2. The summed E-state index contributed by atoms with van der Waals surface area (Å²) >= 11 is 0. The van der Waals surface area contributed by atoms with Gasteiger partial charge in [0, 0.05) is 20.6 Å². The van der Waals surface area contributed by atoms with Gasteiger partial charge in [-0.05, 0) is 31.8 Å². The Morgan fingerprint density at radius 1 is 1.32 bits per heavy atom. The van der Waals surface area contributed by atoms with Gasteiger partial charge >= 0.3 is 6.03 Å². The second-order valence-corrected chi connectivity index (χ2v) is 4.84. The summed E-state index contributed by atoms with van der Waals surface area (Å²) in [6, 6.07) is 7.92. The molecule has 1 aromatic carbocycles. The molecule has 5 heteroatoms. The standard InChI is InChI=1S/C14H23N3O2/c1-16(2)13(10-15-14(18)17(3)4)11-7-6-8-12(9-11)19-5/h6-9,13H,10H2,1-5H3,(H,15,18). The third-order valence-electron chi connectivity index (χ3n) is 2.95. The lowest BCUT2D eigenvalue weighted by molar-refractivity contribution is 0.210. The zero-order chi connectivity index (χ0) is 14.4. The number of carbonyl (C=O) groups is 1. The van der Waals surface area contributed by atoms with Gasteiger partial charge in [0.25, 0.3) is 0 Å². The fourth-order valence-electron chi connectivity index (χ4n) is 1.79. The summed E-state index contributed by atoms with van der Waals surface area (Å²) < 4.78 is 5.23. The average Bonchev–Trinajstić information content (AvgIpc) is 2.38. The highest BCUT2D eigenvalue weighted by atomic mass is 16.5. The quantitative estimate of drug-likeness (QED) is 0.879. The van der Waals surface area contributed by atoms with Crippen molar-refractivity contribution in [3.05, 3.63) is 29.8 Å². The number of likely N-dealkylation sites (N-methyl/N-ethyl adjacent to an activating group) is 1. The zero-order valence-electron chi connectivity index (χ0n) is 12.3. The van der Waals surface area contributed by atoms with Gasteiger partial charge in [0.15, 0.2) is 0 Å². The minimum atomic E-state index is -0.0882. The van der Waals surface area contributed by atoms with E-state index in [1.165, 1.54) is 4.90 Å². The van der Waals surface area contributed by atoms with E-state index >= 15 is 0 Å². The molecule has 0 saturated heterocycles. The van der Waals surface area contributed by atoms with Gasteiger partial charge in [-0.3, -0.25) is 0 Å². The molecular formula is C14H23N3O2. The number of benzene rings is 1. The number of rotatable bonds is 5. The topological polar surface area (TPSA) is 44.8 Å². The van der Waals surface area contributed by atoms with E-state index in [1.54, 1.807) is 21.2 Å². The number of hydrogen-bond acceptors (Lipinski definition) is 3. The number of urea groups is 1. The highest BCUT2D eigenvalue weighted by molar-refractivity contribution is 5.73. The van der Waals surface area contributed by atoms with Crippen molar-refractivity contribution >= 4 is 6.03 Å². The van der Waals surface area contributed by atoms with Gasteiger partial charge in [0.05, 0.1) is 13.2 Å². The van der Waals surface area contributed by atoms with Crippen LogP contribution >= 0.6 is 0 Å². The SMILES string of the molecule is COc1cccc(C(CNC(=O)N(C)C)N(C)C)c1. The maximum atomic E-state index is 11.6. The molecule has 0 aliphatic carbocycles. The predicted molar refractivity (Wildman–Crippen MR) is 76.5 cm³/mol. The van der Waals surface area contributed by atoms with Crippen LogP contribution in [0.1, 0.15) is 11.6 Å². The van der Waals surface area contributed by atoms with Crippen molar-refractivity contribution < 1.29 is 9.53 Å². The average molecular weight is 265 g/mol. The van der Waals surface area contributed by atoms with E-state index in [0.717, 1.165) is 11.3 Å². The minimum absolute atomic E-state index is 0.0882. The van der Waals surface area contributed by atoms with Crippen molar-refractivity contribution in [2.45, 2.75) is 6.04 Å². The van der Waals surface area contributed by atoms with Crippen molar-refractivity contribution in [1.29, 1.82) is 0 Å². The second-order valence-electron chi connectivity index (χ2n) is 4.84. The number of nitrogens with one attached hydrogen (secondary N) is 1. The van der Waals surface area contributed by atoms with Crippen molar-refractivity contribution in [2.24, 2.45) is 0 Å². The van der Waals surface area contributed by atoms with Crippen molar-refractivity contribution in [1.82, 2.24) is 15.1 Å². The number of ether oxygens (including phenoxy) is 1. The Bertz CT molecular complexity index is 419. The molecule has 19 heavy (non-hydrogen) atoms. The predicted octanol–water partition coefficient (Wildman–Crippen LogP) is 1.57. The third-order valence-corrected chi connectivity index (χ3v) is 2.95. The van der Waals surface area contributed by atoms with Crippen LogP contribution in [-0.2, 0) is 0 Å². The number of hydrogen-bond donors (Lipinski definition) is 1. The monoisotopic (exact) mass is 265 g/mol. The second kappa shape index (κ2) is 6.99. The largest absolute Gasteiger partial charge is 0.497 e. The Hall–Kier alpha value is -1.75. The van der Waals surface area contributed by atoms with E-state index < -0.39 is 0 Å². The number of methoxy groups -OCH3 is 1. The van der Waals surface area contributed by atoms with Crippen LogP contribution in [0, 0.1) is 0 Å². The fraction of sp³-hybridized carbons (Fsp3) is 0.500.